The van der Waals surface area contributed by atoms with Gasteiger partial charge in [0.15, 0.2) is 11.6 Å². The summed E-state index contributed by atoms with van der Waals surface area (Å²) in [6.07, 6.45) is 0. The molecule has 0 aliphatic heterocycles. The molecule has 10 nitrogen and oxygen atoms in total. The molecule has 2 atom stereocenters. The van der Waals surface area contributed by atoms with Crippen LogP contribution in [0.5, 0.6) is 0 Å². The lowest BCUT2D eigenvalue weighted by Gasteiger charge is -2.10. The Hall–Kier alpha value is -5.06. The zero-order chi connectivity index (χ0) is 33.4. The summed E-state index contributed by atoms with van der Waals surface area (Å²) in [4.78, 5) is 49.7. The Morgan fingerprint density at radius 3 is 1.22 bits per heavy atom. The minimum atomic E-state index is -1.35. The molecule has 0 aromatic heterocycles. The zero-order valence-electron chi connectivity index (χ0n) is 25.4. The molecule has 0 heterocycles. The van der Waals surface area contributed by atoms with Gasteiger partial charge in [-0.3, -0.25) is 19.2 Å². The van der Waals surface area contributed by atoms with E-state index in [1.54, 1.807) is 60.7 Å². The van der Waals surface area contributed by atoms with E-state index in [0.29, 0.717) is 22.5 Å². The molecule has 234 valence electrons. The predicted molar refractivity (Wildman–Crippen MR) is 179 cm³/mol. The van der Waals surface area contributed by atoms with E-state index >= 15 is 0 Å². The Morgan fingerprint density at radius 1 is 0.565 bits per heavy atom. The average Bonchev–Trinajstić information content (AvgIpc) is 3.00. The molecule has 4 rings (SSSR count). The lowest BCUT2D eigenvalue weighted by Crippen LogP contribution is -2.31. The molecule has 12 heteroatoms. The number of azo groups is 2. The fourth-order valence-electron chi connectivity index (χ4n) is 4.11. The maximum absolute atomic E-state index is 12.7. The van der Waals surface area contributed by atoms with E-state index in [0.717, 1.165) is 11.1 Å². The van der Waals surface area contributed by atoms with Gasteiger partial charge in [-0.15, -0.1) is 0 Å². The van der Waals surface area contributed by atoms with Crippen molar-refractivity contribution in [3.8, 4) is 11.1 Å². The lowest BCUT2D eigenvalue weighted by molar-refractivity contribution is -0.127. The van der Waals surface area contributed by atoms with Crippen molar-refractivity contribution in [2.24, 2.45) is 20.5 Å². The third-order valence-electron chi connectivity index (χ3n) is 6.70. The monoisotopic (exact) mass is 656 g/mol. The molecule has 0 saturated heterocycles. The van der Waals surface area contributed by atoms with Crippen LogP contribution < -0.4 is 10.6 Å². The molecule has 2 N–H and O–H groups in total. The number of nitrogens with one attached hydrogen (secondary N) is 2. The van der Waals surface area contributed by atoms with Gasteiger partial charge in [0.2, 0.25) is 12.1 Å². The molecule has 0 fully saturated rings. The number of hydrogen-bond donors (Lipinski definition) is 2. The second-order valence-electron chi connectivity index (χ2n) is 10.5. The van der Waals surface area contributed by atoms with Crippen molar-refractivity contribution in [2.75, 3.05) is 10.6 Å². The van der Waals surface area contributed by atoms with Gasteiger partial charge in [0.1, 0.15) is 11.4 Å². The molecule has 2 unspecified atom stereocenters. The van der Waals surface area contributed by atoms with E-state index in [-0.39, 0.29) is 21.4 Å². The molecule has 0 radical (unpaired) electrons. The number of rotatable bonds is 11. The second kappa shape index (κ2) is 15.3. The van der Waals surface area contributed by atoms with Gasteiger partial charge in [0, 0.05) is 11.4 Å². The fraction of sp³-hybridized carbons (Fsp3) is 0.176. The SMILES string of the molecule is CC(=O)C(/N=N/c1ccc(-c2ccc(/N=N/C(C(C)=O)C(=O)Nc3ccc(C)cc3)c(Cl)c2)cc1Cl)C(=O)Nc1ccc(C)cc1. The molecule has 0 bridgehead atoms. The van der Waals surface area contributed by atoms with Gasteiger partial charge in [-0.2, -0.15) is 20.5 Å². The number of Topliss-reactive ketones (excluding diaryl/α,β-unsaturated/α-hetero) is 2. The summed E-state index contributed by atoms with van der Waals surface area (Å²) in [6.45, 7) is 6.37. The molecule has 2 amide bonds. The van der Waals surface area contributed by atoms with Gasteiger partial charge in [-0.1, -0.05) is 70.7 Å². The number of hydrogen-bond acceptors (Lipinski definition) is 8. The third-order valence-corrected chi connectivity index (χ3v) is 7.30. The van der Waals surface area contributed by atoms with Crippen LogP contribution in [0.1, 0.15) is 25.0 Å². The average molecular weight is 658 g/mol. The molecule has 46 heavy (non-hydrogen) atoms. The highest BCUT2D eigenvalue weighted by molar-refractivity contribution is 6.34. The topological polar surface area (TPSA) is 142 Å². The van der Waals surface area contributed by atoms with Crippen molar-refractivity contribution in [3.63, 3.8) is 0 Å². The molecule has 0 spiro atoms. The van der Waals surface area contributed by atoms with E-state index in [4.69, 9.17) is 23.2 Å². The van der Waals surface area contributed by atoms with Crippen LogP contribution in [0, 0.1) is 13.8 Å². The lowest BCUT2D eigenvalue weighted by atomic mass is 10.0. The second-order valence-corrected chi connectivity index (χ2v) is 11.3. The van der Waals surface area contributed by atoms with Crippen LogP contribution in [0.15, 0.2) is 105 Å². The molecule has 4 aromatic rings. The van der Waals surface area contributed by atoms with E-state index in [2.05, 4.69) is 31.1 Å². The highest BCUT2D eigenvalue weighted by Crippen LogP contribution is 2.35. The summed E-state index contributed by atoms with van der Waals surface area (Å²) in [5.41, 5.74) is 5.02. The van der Waals surface area contributed by atoms with Crippen LogP contribution in [-0.2, 0) is 19.2 Å². The Balaban J connectivity index is 1.46. The van der Waals surface area contributed by atoms with E-state index in [1.165, 1.54) is 13.8 Å². The largest absolute Gasteiger partial charge is 0.324 e. The molecular formula is C34H30Cl2N6O4. The van der Waals surface area contributed by atoms with E-state index < -0.39 is 35.5 Å². The van der Waals surface area contributed by atoms with Gasteiger partial charge in [-0.05, 0) is 87.4 Å². The van der Waals surface area contributed by atoms with Crippen molar-refractivity contribution in [1.29, 1.82) is 0 Å². The van der Waals surface area contributed by atoms with Crippen LogP contribution in [0.4, 0.5) is 22.7 Å². The number of nitrogens with zero attached hydrogens (tertiary/aromatic N) is 4. The minimum Gasteiger partial charge on any atom is -0.324 e. The first-order valence-corrected chi connectivity index (χ1v) is 14.8. The van der Waals surface area contributed by atoms with Crippen molar-refractivity contribution < 1.29 is 19.2 Å². The van der Waals surface area contributed by atoms with Gasteiger partial charge >= 0.3 is 0 Å². The number of anilines is 2. The van der Waals surface area contributed by atoms with E-state index in [9.17, 15) is 19.2 Å². The number of amides is 2. The molecule has 0 aliphatic carbocycles. The Kier molecular flexibility index (Phi) is 11.2. The quantitative estimate of drug-likeness (QED) is 0.123. The zero-order valence-corrected chi connectivity index (χ0v) is 26.9. The number of ketones is 2. The standard InChI is InChI=1S/C34H30Cl2N6O4/c1-19-5-11-25(12-6-19)37-33(45)31(21(3)43)41-39-29-15-9-23(17-27(29)35)24-10-16-30(28(36)18-24)40-42-32(22(4)44)34(46)38-26-13-7-20(2)8-14-26/h5-18,31-32H,1-4H3,(H,37,45)(H,38,46)/b41-39+,42-40+. The summed E-state index contributed by atoms with van der Waals surface area (Å²) in [5, 5.41) is 21.9. The Labute approximate surface area is 275 Å². The van der Waals surface area contributed by atoms with Crippen molar-refractivity contribution in [3.05, 3.63) is 106 Å². The van der Waals surface area contributed by atoms with Gasteiger partial charge in [-0.25, -0.2) is 0 Å². The summed E-state index contributed by atoms with van der Waals surface area (Å²) in [7, 11) is 0. The number of carbonyl (C=O) groups excluding carboxylic acids is 4. The molecule has 0 aliphatic rings. The Morgan fingerprint density at radius 2 is 0.913 bits per heavy atom. The van der Waals surface area contributed by atoms with Crippen LogP contribution in [-0.4, -0.2) is 35.5 Å². The number of benzene rings is 4. The van der Waals surface area contributed by atoms with Crippen LogP contribution in [0.2, 0.25) is 10.0 Å². The third kappa shape index (κ3) is 8.99. The summed E-state index contributed by atoms with van der Waals surface area (Å²) >= 11 is 12.9. The van der Waals surface area contributed by atoms with Crippen LogP contribution in [0.25, 0.3) is 11.1 Å². The first kappa shape index (κ1) is 33.8. The predicted octanol–water partition coefficient (Wildman–Crippen LogP) is 8.64. The van der Waals surface area contributed by atoms with Crippen LogP contribution >= 0.6 is 23.2 Å². The van der Waals surface area contributed by atoms with Crippen molar-refractivity contribution >= 4 is 69.3 Å². The normalized spacial score (nSPS) is 12.6. The smallest absolute Gasteiger partial charge is 0.258 e. The highest BCUT2D eigenvalue weighted by Gasteiger charge is 2.24. The van der Waals surface area contributed by atoms with Crippen LogP contribution in [0.3, 0.4) is 0 Å². The van der Waals surface area contributed by atoms with Crippen molar-refractivity contribution in [1.82, 2.24) is 0 Å². The maximum atomic E-state index is 12.7. The maximum Gasteiger partial charge on any atom is 0.258 e. The molecule has 0 saturated carbocycles. The first-order chi connectivity index (χ1) is 21.9. The van der Waals surface area contributed by atoms with E-state index in [1.807, 2.05) is 38.1 Å². The fourth-order valence-corrected chi connectivity index (χ4v) is 4.54. The van der Waals surface area contributed by atoms with Gasteiger partial charge in [0.25, 0.3) is 11.8 Å². The van der Waals surface area contributed by atoms with Gasteiger partial charge < -0.3 is 10.6 Å². The summed E-state index contributed by atoms with van der Waals surface area (Å²) < 4.78 is 0. The molecular weight excluding hydrogens is 627 g/mol. The summed E-state index contributed by atoms with van der Waals surface area (Å²) in [5.74, 6) is -2.17. The number of carbonyl (C=O) groups is 4. The highest BCUT2D eigenvalue weighted by atomic mass is 35.5. The first-order valence-electron chi connectivity index (χ1n) is 14.1. The minimum absolute atomic E-state index is 0.228. The molecule has 4 aromatic carbocycles. The Bertz CT molecular complexity index is 1700. The van der Waals surface area contributed by atoms with Gasteiger partial charge in [0.05, 0.1) is 10.0 Å². The summed E-state index contributed by atoms with van der Waals surface area (Å²) in [6, 6.07) is 21.5. The number of aryl methyl sites for hydroxylation is 2. The number of halogens is 2. The van der Waals surface area contributed by atoms with Crippen molar-refractivity contribution in [2.45, 2.75) is 39.8 Å².